The Morgan fingerprint density at radius 1 is 1.07 bits per heavy atom. The summed E-state index contributed by atoms with van der Waals surface area (Å²) in [5, 5.41) is 8.74. The molecule has 0 unspecified atom stereocenters. The second-order valence-corrected chi connectivity index (χ2v) is 13.2. The Bertz CT molecular complexity index is 1510. The van der Waals surface area contributed by atoms with E-state index >= 15 is 4.39 Å². The minimum Gasteiger partial charge on any atom is -0.480 e. The summed E-state index contributed by atoms with van der Waals surface area (Å²) in [5.74, 6) is -4.35. The number of halogens is 5. The predicted molar refractivity (Wildman–Crippen MR) is 152 cm³/mol. The van der Waals surface area contributed by atoms with Crippen molar-refractivity contribution in [1.29, 1.82) is 0 Å². The number of nitrogens with zero attached hydrogens (tertiary/aromatic N) is 2. The van der Waals surface area contributed by atoms with E-state index < -0.39 is 47.1 Å². The molecule has 6 aliphatic rings. The number of rotatable bonds is 8. The number of carbonyl (C=O) groups is 2. The Labute approximate surface area is 256 Å². The summed E-state index contributed by atoms with van der Waals surface area (Å²) in [5.41, 5.74) is -2.09. The van der Waals surface area contributed by atoms with Gasteiger partial charge in [-0.3, -0.25) is 14.5 Å². The van der Waals surface area contributed by atoms with E-state index in [4.69, 9.17) is 9.47 Å². The van der Waals surface area contributed by atoms with Crippen LogP contribution in [0.25, 0.3) is 0 Å². The number of carbonyl (C=O) groups excluding carboxylic acids is 2. The fourth-order valence-electron chi connectivity index (χ4n) is 8.61. The Kier molecular flexibility index (Phi) is 7.23. The zero-order valence-electron chi connectivity index (χ0n) is 24.6. The van der Waals surface area contributed by atoms with Crippen molar-refractivity contribution in [3.63, 3.8) is 0 Å². The topological polar surface area (TPSA) is 105 Å². The van der Waals surface area contributed by atoms with Gasteiger partial charge < -0.3 is 25.4 Å². The van der Waals surface area contributed by atoms with Crippen LogP contribution in [0.2, 0.25) is 0 Å². The number of benzene rings is 1. The highest BCUT2D eigenvalue weighted by molar-refractivity contribution is 6.03. The SMILES string of the molecule is COc1ncc(F)c(NC23CC(N4CCOCC4)(C2)C3)c1C(=O)N[C@@H]1[C@H]2CC[C@H](C2)[C@@H]1C(=O)Nc1ccc(F)c(C(F)(F)F)c1. The number of anilines is 2. The first-order valence-electron chi connectivity index (χ1n) is 15.2. The molecule has 5 saturated carbocycles. The molecule has 2 aromatic rings. The monoisotopic (exact) mass is 635 g/mol. The second kappa shape index (κ2) is 10.8. The summed E-state index contributed by atoms with van der Waals surface area (Å²) in [7, 11) is 1.33. The average molecular weight is 636 g/mol. The van der Waals surface area contributed by atoms with Crippen LogP contribution in [0.15, 0.2) is 24.4 Å². The van der Waals surface area contributed by atoms with E-state index in [0.717, 1.165) is 57.5 Å². The van der Waals surface area contributed by atoms with Gasteiger partial charge in [0.1, 0.15) is 11.4 Å². The summed E-state index contributed by atoms with van der Waals surface area (Å²) in [6, 6.07) is 1.63. The molecule has 6 fully saturated rings. The van der Waals surface area contributed by atoms with Crippen LogP contribution in [-0.2, 0) is 15.7 Å². The fourth-order valence-corrected chi connectivity index (χ4v) is 8.61. The van der Waals surface area contributed by atoms with Crippen molar-refractivity contribution in [3.05, 3.63) is 47.2 Å². The number of alkyl halides is 3. The summed E-state index contributed by atoms with van der Waals surface area (Å²) < 4.78 is 79.8. The fraction of sp³-hybridized carbons (Fsp3) is 0.581. The molecular formula is C31H34F5N5O4. The minimum atomic E-state index is -4.93. The van der Waals surface area contributed by atoms with Gasteiger partial charge in [0.25, 0.3) is 5.91 Å². The van der Waals surface area contributed by atoms with E-state index in [9.17, 15) is 27.2 Å². The summed E-state index contributed by atoms with van der Waals surface area (Å²) in [6.45, 7) is 3.07. The second-order valence-electron chi connectivity index (χ2n) is 13.2. The molecule has 4 atom stereocenters. The first-order valence-corrected chi connectivity index (χ1v) is 15.2. The lowest BCUT2D eigenvalue weighted by Crippen LogP contribution is -2.82. The molecule has 9 nitrogen and oxygen atoms in total. The first kappa shape index (κ1) is 30.2. The third-order valence-corrected chi connectivity index (χ3v) is 10.5. The van der Waals surface area contributed by atoms with E-state index in [-0.39, 0.29) is 45.7 Å². The van der Waals surface area contributed by atoms with Gasteiger partial charge in [-0.25, -0.2) is 13.8 Å². The lowest BCUT2D eigenvalue weighted by atomic mass is 9.43. The van der Waals surface area contributed by atoms with Gasteiger partial charge in [0.05, 0.1) is 43.7 Å². The van der Waals surface area contributed by atoms with Crippen molar-refractivity contribution in [2.24, 2.45) is 17.8 Å². The van der Waals surface area contributed by atoms with Crippen molar-refractivity contribution in [2.75, 3.05) is 44.0 Å². The van der Waals surface area contributed by atoms with Crippen LogP contribution in [0.1, 0.15) is 54.4 Å². The van der Waals surface area contributed by atoms with Crippen molar-refractivity contribution < 1.29 is 41.0 Å². The van der Waals surface area contributed by atoms with E-state index in [0.29, 0.717) is 31.8 Å². The van der Waals surface area contributed by atoms with Crippen LogP contribution in [0.4, 0.5) is 33.3 Å². The maximum absolute atomic E-state index is 15.4. The first-order chi connectivity index (χ1) is 21.4. The summed E-state index contributed by atoms with van der Waals surface area (Å²) in [4.78, 5) is 33.8. The van der Waals surface area contributed by atoms with E-state index in [1.807, 2.05) is 0 Å². The lowest BCUT2D eigenvalue weighted by Gasteiger charge is -2.74. The van der Waals surface area contributed by atoms with Crippen molar-refractivity contribution in [2.45, 2.75) is 61.8 Å². The highest BCUT2D eigenvalue weighted by Crippen LogP contribution is 2.65. The van der Waals surface area contributed by atoms with Crippen molar-refractivity contribution >= 4 is 23.2 Å². The van der Waals surface area contributed by atoms with Crippen LogP contribution in [0.5, 0.6) is 5.88 Å². The summed E-state index contributed by atoms with van der Waals surface area (Å²) in [6.07, 6.45) is 0.614. The number of hydrogen-bond donors (Lipinski definition) is 3. The molecule has 0 spiro atoms. The van der Waals surface area contributed by atoms with Gasteiger partial charge in [-0.05, 0) is 68.6 Å². The smallest absolute Gasteiger partial charge is 0.419 e. The number of aromatic nitrogens is 1. The van der Waals surface area contributed by atoms with Gasteiger partial charge in [-0.2, -0.15) is 13.2 Å². The standard InChI is InChI=1S/C31H34F5N5O4/c1-44-28-23(25(21(33)12-37-28)40-29-13-30(14-29,15-29)41-6-8-45-9-7-41)27(43)39-24-17-3-2-16(10-17)22(24)26(42)38-18-4-5-20(32)19(11-18)31(34,35)36/h4-5,11-12,16-17,22,24H,2-3,6-10,13-15H2,1H3,(H,37,40)(H,38,42)(H,39,43)/t16-,17+,22+,24-,29?,30?/m1/s1. The molecule has 14 heteroatoms. The maximum atomic E-state index is 15.4. The number of fused-ring (bicyclic) bond motifs is 2. The molecule has 5 aliphatic carbocycles. The molecule has 1 aromatic heterocycles. The molecule has 4 bridgehead atoms. The van der Waals surface area contributed by atoms with Crippen molar-refractivity contribution in [3.8, 4) is 5.88 Å². The number of hydrogen-bond acceptors (Lipinski definition) is 7. The third-order valence-electron chi connectivity index (χ3n) is 10.5. The Morgan fingerprint density at radius 2 is 1.78 bits per heavy atom. The molecule has 45 heavy (non-hydrogen) atoms. The Balaban J connectivity index is 1.10. The molecule has 1 aromatic carbocycles. The largest absolute Gasteiger partial charge is 0.480 e. The number of ether oxygens (including phenoxy) is 2. The average Bonchev–Trinajstić information content (AvgIpc) is 3.57. The van der Waals surface area contributed by atoms with Gasteiger partial charge in [0.2, 0.25) is 11.8 Å². The summed E-state index contributed by atoms with van der Waals surface area (Å²) >= 11 is 0. The van der Waals surface area contributed by atoms with E-state index in [1.54, 1.807) is 0 Å². The Hall–Kier alpha value is -3.52. The van der Waals surface area contributed by atoms with Gasteiger partial charge in [-0.1, -0.05) is 0 Å². The number of nitrogens with one attached hydrogen (secondary N) is 3. The van der Waals surface area contributed by atoms with Crippen LogP contribution in [0, 0.1) is 29.4 Å². The molecular weight excluding hydrogens is 601 g/mol. The normalized spacial score (nSPS) is 32.0. The zero-order valence-corrected chi connectivity index (χ0v) is 24.6. The number of morpholine rings is 1. The van der Waals surface area contributed by atoms with Gasteiger partial charge >= 0.3 is 6.18 Å². The third kappa shape index (κ3) is 5.09. The van der Waals surface area contributed by atoms with Gasteiger partial charge in [-0.15, -0.1) is 0 Å². The van der Waals surface area contributed by atoms with Crippen molar-refractivity contribution in [1.82, 2.24) is 15.2 Å². The molecule has 2 amide bonds. The van der Waals surface area contributed by atoms with E-state index in [1.165, 1.54) is 7.11 Å². The van der Waals surface area contributed by atoms with E-state index in [2.05, 4.69) is 25.8 Å². The highest BCUT2D eigenvalue weighted by atomic mass is 19.4. The lowest BCUT2D eigenvalue weighted by molar-refractivity contribution is -0.172. The van der Waals surface area contributed by atoms with Gasteiger partial charge in [0.15, 0.2) is 5.82 Å². The number of amides is 2. The zero-order chi connectivity index (χ0) is 31.7. The molecule has 1 aliphatic heterocycles. The molecule has 3 N–H and O–H groups in total. The molecule has 8 rings (SSSR count). The quantitative estimate of drug-likeness (QED) is 0.365. The van der Waals surface area contributed by atoms with Crippen LogP contribution in [-0.4, -0.2) is 72.2 Å². The predicted octanol–water partition coefficient (Wildman–Crippen LogP) is 4.59. The number of methoxy groups -OCH3 is 1. The molecule has 242 valence electrons. The molecule has 2 heterocycles. The molecule has 1 saturated heterocycles. The minimum absolute atomic E-state index is 0.00947. The highest BCUT2D eigenvalue weighted by Gasteiger charge is 2.70. The van der Waals surface area contributed by atoms with Gasteiger partial charge in [0, 0.05) is 35.9 Å². The molecule has 0 radical (unpaired) electrons. The Morgan fingerprint density at radius 3 is 2.47 bits per heavy atom. The van der Waals surface area contributed by atoms with Crippen LogP contribution >= 0.6 is 0 Å². The maximum Gasteiger partial charge on any atom is 0.419 e. The number of pyridine rings is 1. The van der Waals surface area contributed by atoms with Crippen LogP contribution in [0.3, 0.4) is 0 Å². The van der Waals surface area contributed by atoms with Crippen LogP contribution < -0.4 is 20.7 Å².